The lowest BCUT2D eigenvalue weighted by Gasteiger charge is -2.12. The molecule has 5 heteroatoms. The third-order valence-corrected chi connectivity index (χ3v) is 1.62. The molecule has 0 aromatic carbocycles. The van der Waals surface area contributed by atoms with Crippen molar-refractivity contribution in [3.63, 3.8) is 0 Å². The van der Waals surface area contributed by atoms with Crippen molar-refractivity contribution in [2.45, 2.75) is 12.5 Å². The topological polar surface area (TPSA) is 73.6 Å². The van der Waals surface area contributed by atoms with Crippen molar-refractivity contribution in [2.75, 3.05) is 33.9 Å². The lowest BCUT2D eigenvalue weighted by molar-refractivity contribution is -0.130. The first-order valence-corrected chi connectivity index (χ1v) is 4.25. The molecule has 1 unspecified atom stereocenters. The second-order valence-electron chi connectivity index (χ2n) is 2.60. The van der Waals surface area contributed by atoms with Crippen LogP contribution in [0.4, 0.5) is 0 Å². The zero-order valence-corrected chi connectivity index (χ0v) is 8.21. The first-order valence-electron chi connectivity index (χ1n) is 4.25. The molecule has 0 rings (SSSR count). The van der Waals surface area contributed by atoms with Crippen molar-refractivity contribution in [1.82, 2.24) is 5.32 Å². The summed E-state index contributed by atoms with van der Waals surface area (Å²) in [6.45, 7) is 1.43. The maximum atomic E-state index is 11.2. The molecule has 3 N–H and O–H groups in total. The highest BCUT2D eigenvalue weighted by molar-refractivity contribution is 5.80. The van der Waals surface area contributed by atoms with Crippen LogP contribution in [0, 0.1) is 0 Å². The number of hydrogen-bond donors (Lipinski definition) is 2. The molecule has 0 heterocycles. The van der Waals surface area contributed by atoms with Crippen molar-refractivity contribution in [2.24, 2.45) is 5.73 Å². The molecule has 0 aliphatic heterocycles. The number of hydrogen-bond acceptors (Lipinski definition) is 4. The molecule has 0 fully saturated rings. The number of methoxy groups -OCH3 is 2. The van der Waals surface area contributed by atoms with Gasteiger partial charge < -0.3 is 20.5 Å². The fourth-order valence-corrected chi connectivity index (χ4v) is 0.852. The van der Waals surface area contributed by atoms with Crippen LogP contribution in [-0.4, -0.2) is 45.9 Å². The summed E-state index contributed by atoms with van der Waals surface area (Å²) in [4.78, 5) is 11.2. The normalized spacial score (nSPS) is 12.5. The highest BCUT2D eigenvalue weighted by Gasteiger charge is 2.14. The van der Waals surface area contributed by atoms with Gasteiger partial charge in [0.2, 0.25) is 5.91 Å². The molecule has 0 aromatic rings. The van der Waals surface area contributed by atoms with Crippen molar-refractivity contribution in [3.05, 3.63) is 0 Å². The Morgan fingerprint density at radius 1 is 1.54 bits per heavy atom. The van der Waals surface area contributed by atoms with Crippen molar-refractivity contribution in [3.8, 4) is 0 Å². The van der Waals surface area contributed by atoms with Gasteiger partial charge in [0.25, 0.3) is 0 Å². The van der Waals surface area contributed by atoms with E-state index in [0.29, 0.717) is 13.2 Å². The summed E-state index contributed by atoms with van der Waals surface area (Å²) in [5.41, 5.74) is 5.30. The minimum Gasteiger partial charge on any atom is -0.385 e. The number of nitrogens with one attached hydrogen (secondary N) is 1. The van der Waals surface area contributed by atoms with E-state index in [-0.39, 0.29) is 12.5 Å². The molecule has 0 aliphatic rings. The molecule has 0 saturated heterocycles. The predicted octanol–water partition coefficient (Wildman–Crippen LogP) is -0.887. The molecule has 0 aromatic heterocycles. The van der Waals surface area contributed by atoms with Crippen molar-refractivity contribution >= 4 is 5.91 Å². The highest BCUT2D eigenvalue weighted by atomic mass is 16.5. The number of amides is 1. The Hall–Kier alpha value is -0.650. The van der Waals surface area contributed by atoms with Gasteiger partial charge in [-0.2, -0.15) is 0 Å². The average Bonchev–Trinajstić information content (AvgIpc) is 2.14. The smallest absolute Gasteiger partial charge is 0.250 e. The standard InChI is InChI=1S/C8H18N2O3/c1-12-5-3-4-10-8(11)7(6-9)13-2/h7H,3-6,9H2,1-2H3,(H,10,11). The molecule has 1 amide bonds. The van der Waals surface area contributed by atoms with Gasteiger partial charge in [-0.05, 0) is 6.42 Å². The van der Waals surface area contributed by atoms with E-state index in [1.807, 2.05) is 0 Å². The maximum absolute atomic E-state index is 11.2. The average molecular weight is 190 g/mol. The van der Waals surface area contributed by atoms with Crippen LogP contribution < -0.4 is 11.1 Å². The molecular formula is C8H18N2O3. The summed E-state index contributed by atoms with van der Waals surface area (Å²) < 4.78 is 9.68. The van der Waals surface area contributed by atoms with Crippen LogP contribution in [0.15, 0.2) is 0 Å². The molecule has 78 valence electrons. The van der Waals surface area contributed by atoms with E-state index in [0.717, 1.165) is 6.42 Å². The molecule has 13 heavy (non-hydrogen) atoms. The van der Waals surface area contributed by atoms with Gasteiger partial charge in [-0.1, -0.05) is 0 Å². The second kappa shape index (κ2) is 7.97. The summed E-state index contributed by atoms with van der Waals surface area (Å²) in [6, 6.07) is 0. The van der Waals surface area contributed by atoms with Crippen LogP contribution in [-0.2, 0) is 14.3 Å². The van der Waals surface area contributed by atoms with Gasteiger partial charge in [0.1, 0.15) is 6.10 Å². The zero-order chi connectivity index (χ0) is 10.1. The molecule has 1 atom stereocenters. The minimum absolute atomic E-state index is 0.166. The maximum Gasteiger partial charge on any atom is 0.250 e. The van der Waals surface area contributed by atoms with Crippen LogP contribution in [0.2, 0.25) is 0 Å². The number of ether oxygens (including phenoxy) is 2. The van der Waals surface area contributed by atoms with Gasteiger partial charge in [-0.15, -0.1) is 0 Å². The molecule has 0 aliphatic carbocycles. The van der Waals surface area contributed by atoms with Crippen LogP contribution >= 0.6 is 0 Å². The fraction of sp³-hybridized carbons (Fsp3) is 0.875. The molecule has 0 saturated carbocycles. The van der Waals surface area contributed by atoms with Gasteiger partial charge in [0.05, 0.1) is 0 Å². The van der Waals surface area contributed by atoms with Gasteiger partial charge in [0, 0.05) is 33.9 Å². The van der Waals surface area contributed by atoms with E-state index >= 15 is 0 Å². The SMILES string of the molecule is COCCCNC(=O)C(CN)OC. The largest absolute Gasteiger partial charge is 0.385 e. The van der Waals surface area contributed by atoms with E-state index in [4.69, 9.17) is 15.2 Å². The summed E-state index contributed by atoms with van der Waals surface area (Å²) in [7, 11) is 3.09. The Morgan fingerprint density at radius 2 is 2.23 bits per heavy atom. The monoisotopic (exact) mass is 190 g/mol. The molecule has 5 nitrogen and oxygen atoms in total. The highest BCUT2D eigenvalue weighted by Crippen LogP contribution is 1.87. The Bertz CT molecular complexity index is 137. The third kappa shape index (κ3) is 5.57. The van der Waals surface area contributed by atoms with E-state index < -0.39 is 6.10 Å². The Kier molecular flexibility index (Phi) is 7.57. The fourth-order valence-electron chi connectivity index (χ4n) is 0.852. The summed E-state index contributed by atoms with van der Waals surface area (Å²) in [5.74, 6) is -0.166. The first-order chi connectivity index (χ1) is 6.26. The lowest BCUT2D eigenvalue weighted by Crippen LogP contribution is -2.41. The van der Waals surface area contributed by atoms with Crippen LogP contribution in [0.1, 0.15) is 6.42 Å². The Morgan fingerprint density at radius 3 is 2.69 bits per heavy atom. The van der Waals surface area contributed by atoms with Crippen LogP contribution in [0.5, 0.6) is 0 Å². The van der Waals surface area contributed by atoms with Gasteiger partial charge >= 0.3 is 0 Å². The molecular weight excluding hydrogens is 172 g/mol. The first kappa shape index (κ1) is 12.3. The lowest BCUT2D eigenvalue weighted by atomic mass is 10.3. The predicted molar refractivity (Wildman–Crippen MR) is 49.4 cm³/mol. The Balaban J connectivity index is 3.48. The number of nitrogens with two attached hydrogens (primary N) is 1. The quantitative estimate of drug-likeness (QED) is 0.511. The Labute approximate surface area is 78.6 Å². The van der Waals surface area contributed by atoms with Crippen LogP contribution in [0.25, 0.3) is 0 Å². The van der Waals surface area contributed by atoms with Crippen molar-refractivity contribution in [1.29, 1.82) is 0 Å². The number of carbonyl (C=O) groups excluding carboxylic acids is 1. The second-order valence-corrected chi connectivity index (χ2v) is 2.60. The van der Waals surface area contributed by atoms with Gasteiger partial charge in [0.15, 0.2) is 0 Å². The van der Waals surface area contributed by atoms with Gasteiger partial charge in [-0.25, -0.2) is 0 Å². The molecule has 0 bridgehead atoms. The van der Waals surface area contributed by atoms with E-state index in [1.54, 1.807) is 7.11 Å². The summed E-state index contributed by atoms with van der Waals surface area (Å²) >= 11 is 0. The third-order valence-electron chi connectivity index (χ3n) is 1.62. The molecule has 0 radical (unpaired) electrons. The minimum atomic E-state index is -0.539. The van der Waals surface area contributed by atoms with Crippen molar-refractivity contribution < 1.29 is 14.3 Å². The summed E-state index contributed by atoms with van der Waals surface area (Å²) in [5, 5.41) is 2.70. The molecule has 0 spiro atoms. The zero-order valence-electron chi connectivity index (χ0n) is 8.21. The van der Waals surface area contributed by atoms with E-state index in [2.05, 4.69) is 5.32 Å². The number of carbonyl (C=O) groups is 1. The van der Waals surface area contributed by atoms with Gasteiger partial charge in [-0.3, -0.25) is 4.79 Å². The van der Waals surface area contributed by atoms with Crippen LogP contribution in [0.3, 0.4) is 0 Å². The van der Waals surface area contributed by atoms with E-state index in [1.165, 1.54) is 7.11 Å². The summed E-state index contributed by atoms with van der Waals surface area (Å²) in [6.07, 6.45) is 0.256. The number of rotatable bonds is 7. The van der Waals surface area contributed by atoms with E-state index in [9.17, 15) is 4.79 Å².